The summed E-state index contributed by atoms with van der Waals surface area (Å²) < 4.78 is 4.74. The maximum absolute atomic E-state index is 11.6. The number of anilines is 3. The summed E-state index contributed by atoms with van der Waals surface area (Å²) in [6, 6.07) is 9.39. The first-order valence-corrected chi connectivity index (χ1v) is 8.29. The summed E-state index contributed by atoms with van der Waals surface area (Å²) in [6.07, 6.45) is 7.90. The molecule has 6 heteroatoms. The van der Waals surface area contributed by atoms with Crippen molar-refractivity contribution in [2.45, 2.75) is 38.1 Å². The van der Waals surface area contributed by atoms with Gasteiger partial charge in [0.25, 0.3) is 0 Å². The van der Waals surface area contributed by atoms with Crippen LogP contribution in [0.5, 0.6) is 0 Å². The van der Waals surface area contributed by atoms with Crippen molar-refractivity contribution in [3.8, 4) is 0 Å². The fourth-order valence-corrected chi connectivity index (χ4v) is 2.92. The fraction of sp³-hybridized carbons (Fsp3) is 0.389. The van der Waals surface area contributed by atoms with Gasteiger partial charge in [0, 0.05) is 17.9 Å². The van der Waals surface area contributed by atoms with Gasteiger partial charge in [-0.2, -0.15) is 4.98 Å². The van der Waals surface area contributed by atoms with Crippen LogP contribution in [0.3, 0.4) is 0 Å². The van der Waals surface area contributed by atoms with Crippen LogP contribution in [0.1, 0.15) is 42.5 Å². The highest BCUT2D eigenvalue weighted by atomic mass is 16.5. The van der Waals surface area contributed by atoms with Crippen molar-refractivity contribution in [2.24, 2.45) is 0 Å². The molecule has 0 bridgehead atoms. The number of hydrogen-bond acceptors (Lipinski definition) is 6. The zero-order chi connectivity index (χ0) is 16.8. The van der Waals surface area contributed by atoms with Crippen molar-refractivity contribution in [1.82, 2.24) is 9.97 Å². The average molecular weight is 326 g/mol. The molecule has 126 valence electrons. The number of ether oxygens (including phenoxy) is 1. The number of nitrogens with one attached hydrogen (secondary N) is 2. The number of benzene rings is 1. The van der Waals surface area contributed by atoms with Gasteiger partial charge < -0.3 is 15.4 Å². The first-order valence-electron chi connectivity index (χ1n) is 8.29. The summed E-state index contributed by atoms with van der Waals surface area (Å²) in [5.41, 5.74) is 1.28. The van der Waals surface area contributed by atoms with Crippen LogP contribution < -0.4 is 10.6 Å². The second kappa shape index (κ2) is 7.77. The highest BCUT2D eigenvalue weighted by Crippen LogP contribution is 2.21. The topological polar surface area (TPSA) is 76.1 Å². The van der Waals surface area contributed by atoms with Crippen LogP contribution in [0.15, 0.2) is 36.5 Å². The number of hydrogen-bond donors (Lipinski definition) is 2. The second-order valence-electron chi connectivity index (χ2n) is 5.94. The molecule has 0 spiro atoms. The molecule has 1 aliphatic rings. The summed E-state index contributed by atoms with van der Waals surface area (Å²) in [5.74, 6) is 0.960. The Hall–Kier alpha value is -2.63. The third kappa shape index (κ3) is 4.22. The normalized spacial score (nSPS) is 14.9. The molecule has 1 saturated carbocycles. The van der Waals surface area contributed by atoms with E-state index in [2.05, 4.69) is 20.6 Å². The zero-order valence-electron chi connectivity index (χ0n) is 13.8. The Morgan fingerprint density at radius 3 is 2.83 bits per heavy atom. The largest absolute Gasteiger partial charge is 0.465 e. The molecular weight excluding hydrogens is 304 g/mol. The van der Waals surface area contributed by atoms with Crippen molar-refractivity contribution >= 4 is 23.4 Å². The van der Waals surface area contributed by atoms with Gasteiger partial charge in [0.15, 0.2) is 0 Å². The van der Waals surface area contributed by atoms with Crippen molar-refractivity contribution in [3.05, 3.63) is 42.1 Å². The number of methoxy groups -OCH3 is 1. The molecule has 1 aromatic heterocycles. The minimum absolute atomic E-state index is 0.360. The third-order valence-corrected chi connectivity index (χ3v) is 4.15. The molecule has 0 saturated heterocycles. The molecular formula is C18H22N4O2. The number of aromatic nitrogens is 2. The van der Waals surface area contributed by atoms with Crippen molar-refractivity contribution in [1.29, 1.82) is 0 Å². The van der Waals surface area contributed by atoms with Crippen LogP contribution in [0.4, 0.5) is 17.5 Å². The molecule has 1 aromatic carbocycles. The van der Waals surface area contributed by atoms with E-state index in [4.69, 9.17) is 4.74 Å². The predicted molar refractivity (Wildman–Crippen MR) is 93.6 cm³/mol. The quantitative estimate of drug-likeness (QED) is 0.815. The predicted octanol–water partition coefficient (Wildman–Crippen LogP) is 3.75. The van der Waals surface area contributed by atoms with E-state index in [1.165, 1.54) is 39.2 Å². The Bertz CT molecular complexity index is 699. The lowest BCUT2D eigenvalue weighted by molar-refractivity contribution is 0.0601. The van der Waals surface area contributed by atoms with E-state index in [0.29, 0.717) is 23.4 Å². The molecule has 24 heavy (non-hydrogen) atoms. The van der Waals surface area contributed by atoms with E-state index >= 15 is 0 Å². The molecule has 1 heterocycles. The van der Waals surface area contributed by atoms with Crippen LogP contribution in [0.25, 0.3) is 0 Å². The molecule has 0 aliphatic heterocycles. The Balaban J connectivity index is 1.69. The summed E-state index contributed by atoms with van der Waals surface area (Å²) in [7, 11) is 1.37. The summed E-state index contributed by atoms with van der Waals surface area (Å²) in [4.78, 5) is 20.4. The molecule has 2 N–H and O–H groups in total. The van der Waals surface area contributed by atoms with Gasteiger partial charge in [-0.15, -0.1) is 0 Å². The van der Waals surface area contributed by atoms with Crippen LogP contribution in [-0.2, 0) is 4.74 Å². The van der Waals surface area contributed by atoms with E-state index in [1.807, 2.05) is 6.07 Å². The van der Waals surface area contributed by atoms with Gasteiger partial charge in [-0.05, 0) is 37.1 Å². The van der Waals surface area contributed by atoms with Gasteiger partial charge in [0.05, 0.1) is 12.7 Å². The van der Waals surface area contributed by atoms with Crippen LogP contribution in [0.2, 0.25) is 0 Å². The monoisotopic (exact) mass is 326 g/mol. The maximum Gasteiger partial charge on any atom is 0.337 e. The van der Waals surface area contributed by atoms with Gasteiger partial charge in [0.2, 0.25) is 5.95 Å². The second-order valence-corrected chi connectivity index (χ2v) is 5.94. The van der Waals surface area contributed by atoms with Gasteiger partial charge in [-0.1, -0.05) is 25.3 Å². The van der Waals surface area contributed by atoms with Crippen LogP contribution >= 0.6 is 0 Å². The first-order chi connectivity index (χ1) is 11.7. The molecule has 0 amide bonds. The zero-order valence-corrected chi connectivity index (χ0v) is 13.8. The fourth-order valence-electron chi connectivity index (χ4n) is 2.92. The Morgan fingerprint density at radius 2 is 2.04 bits per heavy atom. The lowest BCUT2D eigenvalue weighted by Crippen LogP contribution is -2.23. The maximum atomic E-state index is 11.6. The molecule has 0 unspecified atom stereocenters. The van der Waals surface area contributed by atoms with Gasteiger partial charge >= 0.3 is 5.97 Å². The molecule has 3 rings (SSSR count). The lowest BCUT2D eigenvalue weighted by atomic mass is 9.96. The molecule has 0 atom stereocenters. The van der Waals surface area contributed by atoms with Crippen molar-refractivity contribution < 1.29 is 9.53 Å². The molecule has 0 radical (unpaired) electrons. The van der Waals surface area contributed by atoms with Gasteiger partial charge in [0.1, 0.15) is 5.82 Å². The number of nitrogens with zero attached hydrogens (tertiary/aromatic N) is 2. The molecule has 1 aliphatic carbocycles. The Labute approximate surface area is 141 Å². The van der Waals surface area contributed by atoms with Crippen molar-refractivity contribution in [2.75, 3.05) is 17.7 Å². The number of rotatable bonds is 5. The Kier molecular flexibility index (Phi) is 5.25. The average Bonchev–Trinajstić information content (AvgIpc) is 2.62. The number of carbonyl (C=O) groups is 1. The van der Waals surface area contributed by atoms with Gasteiger partial charge in [-0.25, -0.2) is 9.78 Å². The SMILES string of the molecule is COC(=O)c1cccc(Nc2ccnc(NC3CCCCC3)n2)c1. The molecule has 2 aromatic rings. The standard InChI is InChI=1S/C18H22N4O2/c1-24-17(23)13-6-5-9-15(12-13)20-16-10-11-19-18(22-16)21-14-7-3-2-4-8-14/h5-6,9-12,14H,2-4,7-8H2,1H3,(H2,19,20,21,22). The van der Waals surface area contributed by atoms with Crippen LogP contribution in [-0.4, -0.2) is 29.1 Å². The van der Waals surface area contributed by atoms with E-state index in [0.717, 1.165) is 5.69 Å². The van der Waals surface area contributed by atoms with E-state index in [1.54, 1.807) is 30.5 Å². The molecule has 6 nitrogen and oxygen atoms in total. The first kappa shape index (κ1) is 16.2. The van der Waals surface area contributed by atoms with Crippen molar-refractivity contribution in [3.63, 3.8) is 0 Å². The summed E-state index contributed by atoms with van der Waals surface area (Å²) >= 11 is 0. The lowest BCUT2D eigenvalue weighted by Gasteiger charge is -2.22. The number of esters is 1. The minimum Gasteiger partial charge on any atom is -0.465 e. The highest BCUT2D eigenvalue weighted by Gasteiger charge is 2.14. The molecule has 1 fully saturated rings. The van der Waals surface area contributed by atoms with Gasteiger partial charge in [-0.3, -0.25) is 0 Å². The third-order valence-electron chi connectivity index (χ3n) is 4.15. The smallest absolute Gasteiger partial charge is 0.337 e. The highest BCUT2D eigenvalue weighted by molar-refractivity contribution is 5.90. The minimum atomic E-state index is -0.360. The van der Waals surface area contributed by atoms with E-state index in [-0.39, 0.29) is 5.97 Å². The summed E-state index contributed by atoms with van der Waals surface area (Å²) in [6.45, 7) is 0. The number of carbonyl (C=O) groups excluding carboxylic acids is 1. The van der Waals surface area contributed by atoms with E-state index < -0.39 is 0 Å². The van der Waals surface area contributed by atoms with E-state index in [9.17, 15) is 4.79 Å². The van der Waals surface area contributed by atoms with Crippen LogP contribution in [0, 0.1) is 0 Å². The Morgan fingerprint density at radius 1 is 1.21 bits per heavy atom. The summed E-state index contributed by atoms with van der Waals surface area (Å²) in [5, 5.41) is 6.61.